The minimum atomic E-state index is -0.165. The van der Waals surface area contributed by atoms with Gasteiger partial charge in [-0.2, -0.15) is 0 Å². The Morgan fingerprint density at radius 2 is 1.94 bits per heavy atom. The third kappa shape index (κ3) is 1.19. The predicted molar refractivity (Wildman–Crippen MR) is 63.8 cm³/mol. The Morgan fingerprint density at radius 1 is 1.17 bits per heavy atom. The summed E-state index contributed by atoms with van der Waals surface area (Å²) >= 11 is 0. The molecule has 1 heterocycles. The summed E-state index contributed by atoms with van der Waals surface area (Å²) in [6.07, 6.45) is 1.98. The number of carbonyl (C=O) groups is 2. The van der Waals surface area contributed by atoms with Gasteiger partial charge in [-0.1, -0.05) is 30.3 Å². The number of carbonyl (C=O) groups excluding carboxylic acids is 2. The van der Waals surface area contributed by atoms with Crippen molar-refractivity contribution in [1.82, 2.24) is 0 Å². The number of hydrogen-bond acceptors (Lipinski definition) is 3. The first-order valence-electron chi connectivity index (χ1n) is 6.55. The average Bonchev–Trinajstić information content (AvgIpc) is 3.00. The van der Waals surface area contributed by atoms with Gasteiger partial charge in [0.25, 0.3) is 0 Å². The van der Waals surface area contributed by atoms with Crippen LogP contribution in [0.5, 0.6) is 0 Å². The second-order valence-electron chi connectivity index (χ2n) is 5.65. The van der Waals surface area contributed by atoms with Crippen molar-refractivity contribution in [1.29, 1.82) is 0 Å². The first-order valence-corrected chi connectivity index (χ1v) is 6.55. The Kier molecular flexibility index (Phi) is 1.97. The molecule has 3 nitrogen and oxygen atoms in total. The van der Waals surface area contributed by atoms with Gasteiger partial charge in [-0.3, -0.25) is 9.59 Å². The molecule has 92 valence electrons. The highest BCUT2D eigenvalue weighted by Crippen LogP contribution is 2.58. The molecule has 3 heteroatoms. The van der Waals surface area contributed by atoms with Crippen LogP contribution in [0.25, 0.3) is 0 Å². The van der Waals surface area contributed by atoms with Gasteiger partial charge in [0.2, 0.25) is 0 Å². The molecule has 0 aromatic heterocycles. The molecule has 1 aliphatic heterocycles. The number of esters is 1. The molecule has 0 N–H and O–H groups in total. The SMILES string of the molecule is O=C(c1ccccc1)[C@@H]1[C@@H]2C[C@@H]3[C@@H]1C(=O)O[C@H]3C2. The van der Waals surface area contributed by atoms with Crippen molar-refractivity contribution in [3.05, 3.63) is 35.9 Å². The normalized spacial score (nSPS) is 40.0. The molecule has 18 heavy (non-hydrogen) atoms. The monoisotopic (exact) mass is 242 g/mol. The molecule has 3 fully saturated rings. The molecule has 0 radical (unpaired) electrons. The maximum Gasteiger partial charge on any atom is 0.310 e. The lowest BCUT2D eigenvalue weighted by Gasteiger charge is -2.23. The summed E-state index contributed by atoms with van der Waals surface area (Å²) < 4.78 is 5.36. The number of ether oxygens (including phenoxy) is 1. The van der Waals surface area contributed by atoms with Crippen LogP contribution in [0.2, 0.25) is 0 Å². The van der Waals surface area contributed by atoms with Gasteiger partial charge >= 0.3 is 5.97 Å². The predicted octanol–water partition coefficient (Wildman–Crippen LogP) is 2.07. The molecule has 4 rings (SSSR count). The molecule has 2 aliphatic carbocycles. The topological polar surface area (TPSA) is 43.4 Å². The van der Waals surface area contributed by atoms with Crippen molar-refractivity contribution in [3.63, 3.8) is 0 Å². The van der Waals surface area contributed by atoms with Crippen molar-refractivity contribution < 1.29 is 14.3 Å². The highest BCUT2D eigenvalue weighted by Gasteiger charge is 2.63. The van der Waals surface area contributed by atoms with Gasteiger partial charge in [0, 0.05) is 17.4 Å². The zero-order valence-electron chi connectivity index (χ0n) is 9.91. The van der Waals surface area contributed by atoms with E-state index in [1.165, 1.54) is 0 Å². The number of Topliss-reactive ketones (excluding diaryl/α,β-unsaturated/α-hetero) is 1. The van der Waals surface area contributed by atoms with Crippen LogP contribution in [0.4, 0.5) is 0 Å². The third-order valence-corrected chi connectivity index (χ3v) is 4.84. The van der Waals surface area contributed by atoms with Crippen LogP contribution in [0.1, 0.15) is 23.2 Å². The maximum atomic E-state index is 12.6. The molecule has 1 aromatic rings. The minimum absolute atomic E-state index is 0.104. The summed E-state index contributed by atoms with van der Waals surface area (Å²) in [7, 11) is 0. The summed E-state index contributed by atoms with van der Waals surface area (Å²) in [5, 5.41) is 0. The first-order chi connectivity index (χ1) is 8.75. The zero-order valence-corrected chi connectivity index (χ0v) is 9.91. The van der Waals surface area contributed by atoms with Crippen molar-refractivity contribution in [2.75, 3.05) is 0 Å². The highest BCUT2D eigenvalue weighted by molar-refractivity contribution is 6.01. The van der Waals surface area contributed by atoms with Gasteiger partial charge in [0.15, 0.2) is 5.78 Å². The average molecular weight is 242 g/mol. The van der Waals surface area contributed by atoms with Crippen molar-refractivity contribution in [2.45, 2.75) is 18.9 Å². The number of fused-ring (bicyclic) bond motifs is 1. The lowest BCUT2D eigenvalue weighted by molar-refractivity contribution is -0.143. The molecule has 0 spiro atoms. The van der Waals surface area contributed by atoms with Crippen LogP contribution in [0.15, 0.2) is 30.3 Å². The number of ketones is 1. The van der Waals surface area contributed by atoms with Crippen LogP contribution >= 0.6 is 0 Å². The Morgan fingerprint density at radius 3 is 2.72 bits per heavy atom. The number of hydrogen-bond donors (Lipinski definition) is 0. The lowest BCUT2D eigenvalue weighted by atomic mass is 9.76. The lowest BCUT2D eigenvalue weighted by Crippen LogP contribution is -2.32. The smallest absolute Gasteiger partial charge is 0.310 e. The van der Waals surface area contributed by atoms with E-state index in [0.717, 1.165) is 18.4 Å². The largest absolute Gasteiger partial charge is 0.462 e. The van der Waals surface area contributed by atoms with E-state index in [1.807, 2.05) is 30.3 Å². The van der Waals surface area contributed by atoms with Gasteiger partial charge in [0.1, 0.15) is 6.10 Å². The molecule has 0 amide bonds. The molecular formula is C15H14O3. The minimum Gasteiger partial charge on any atom is -0.462 e. The van der Waals surface area contributed by atoms with Crippen LogP contribution in [0, 0.1) is 23.7 Å². The summed E-state index contributed by atoms with van der Waals surface area (Å²) in [4.78, 5) is 24.4. The van der Waals surface area contributed by atoms with E-state index >= 15 is 0 Å². The highest BCUT2D eigenvalue weighted by atomic mass is 16.6. The molecular weight excluding hydrogens is 228 g/mol. The van der Waals surface area contributed by atoms with E-state index in [-0.39, 0.29) is 29.7 Å². The number of rotatable bonds is 2. The maximum absolute atomic E-state index is 12.6. The summed E-state index contributed by atoms with van der Waals surface area (Å²) in [5.41, 5.74) is 0.728. The van der Waals surface area contributed by atoms with Crippen LogP contribution < -0.4 is 0 Å². The van der Waals surface area contributed by atoms with Crippen LogP contribution in [-0.2, 0) is 9.53 Å². The molecule has 3 aliphatic rings. The van der Waals surface area contributed by atoms with Gasteiger partial charge in [-0.15, -0.1) is 0 Å². The van der Waals surface area contributed by atoms with E-state index < -0.39 is 0 Å². The van der Waals surface area contributed by atoms with E-state index in [0.29, 0.717) is 11.8 Å². The van der Waals surface area contributed by atoms with Gasteiger partial charge in [-0.05, 0) is 18.8 Å². The van der Waals surface area contributed by atoms with Gasteiger partial charge < -0.3 is 4.74 Å². The van der Waals surface area contributed by atoms with E-state index in [2.05, 4.69) is 0 Å². The molecule has 1 aromatic carbocycles. The van der Waals surface area contributed by atoms with E-state index in [1.54, 1.807) is 0 Å². The van der Waals surface area contributed by atoms with Gasteiger partial charge in [-0.25, -0.2) is 0 Å². The summed E-state index contributed by atoms with van der Waals surface area (Å²) in [6.45, 7) is 0. The second-order valence-corrected chi connectivity index (χ2v) is 5.65. The van der Waals surface area contributed by atoms with Crippen molar-refractivity contribution in [2.24, 2.45) is 23.7 Å². The van der Waals surface area contributed by atoms with Crippen molar-refractivity contribution >= 4 is 11.8 Å². The molecule has 5 atom stereocenters. The fraction of sp³-hybridized carbons (Fsp3) is 0.467. The Labute approximate surface area is 105 Å². The molecule has 2 bridgehead atoms. The standard InChI is InChI=1S/C15H14O3/c16-14(8-4-2-1-3-5-8)12-9-6-10-11(7-9)18-15(17)13(10)12/h1-5,9-13H,6-7H2/t9-,10+,11+,12-,13+/m1/s1. The third-order valence-electron chi connectivity index (χ3n) is 4.84. The van der Waals surface area contributed by atoms with Gasteiger partial charge in [0.05, 0.1) is 5.92 Å². The van der Waals surface area contributed by atoms with Crippen molar-refractivity contribution in [3.8, 4) is 0 Å². The van der Waals surface area contributed by atoms with E-state index in [9.17, 15) is 9.59 Å². The van der Waals surface area contributed by atoms with Crippen LogP contribution in [-0.4, -0.2) is 17.9 Å². The second kappa shape index (κ2) is 3.44. The molecule has 0 unspecified atom stereocenters. The summed E-state index contributed by atoms with van der Waals surface area (Å²) in [6, 6.07) is 9.32. The first kappa shape index (κ1) is 10.3. The fourth-order valence-corrected chi connectivity index (χ4v) is 4.16. The fourth-order valence-electron chi connectivity index (χ4n) is 4.16. The summed E-state index contributed by atoms with van der Waals surface area (Å²) in [5.74, 6) is 0.346. The van der Waals surface area contributed by atoms with E-state index in [4.69, 9.17) is 4.74 Å². The Balaban J connectivity index is 1.70. The zero-order chi connectivity index (χ0) is 12.3. The van der Waals surface area contributed by atoms with Crippen LogP contribution in [0.3, 0.4) is 0 Å². The molecule has 1 saturated heterocycles. The Hall–Kier alpha value is -1.64. The number of benzene rings is 1. The molecule has 2 saturated carbocycles. The quantitative estimate of drug-likeness (QED) is 0.589. The Bertz CT molecular complexity index is 520.